The first-order valence-corrected chi connectivity index (χ1v) is 6.21. The average molecular weight is 207 g/mol. The Bertz CT molecular complexity index is 281. The minimum absolute atomic E-state index is 0.592. The molecule has 0 radical (unpaired) electrons. The van der Waals surface area contributed by atoms with Crippen LogP contribution in [0.15, 0.2) is 29.0 Å². The molecule has 2 heteroatoms. The molecule has 14 heavy (non-hydrogen) atoms. The van der Waals surface area contributed by atoms with E-state index in [1.54, 1.807) is 11.3 Å². The lowest BCUT2D eigenvalue weighted by Crippen LogP contribution is -2.36. The number of nitrogens with one attached hydrogen (secondary N) is 1. The Hall–Kier alpha value is -0.600. The summed E-state index contributed by atoms with van der Waals surface area (Å²) in [6, 6.07) is 3.49. The van der Waals surface area contributed by atoms with Crippen LogP contribution in [0.1, 0.15) is 25.3 Å². The number of thiophene rings is 1. The van der Waals surface area contributed by atoms with E-state index in [2.05, 4.69) is 41.2 Å². The molecule has 1 aliphatic carbocycles. The third-order valence-electron chi connectivity index (χ3n) is 2.65. The van der Waals surface area contributed by atoms with Crippen LogP contribution in [0.4, 0.5) is 0 Å². The van der Waals surface area contributed by atoms with Gasteiger partial charge in [0.25, 0.3) is 0 Å². The number of hydrogen-bond acceptors (Lipinski definition) is 2. The molecule has 1 heterocycles. The Morgan fingerprint density at radius 3 is 2.93 bits per heavy atom. The zero-order valence-corrected chi connectivity index (χ0v) is 9.39. The Morgan fingerprint density at radius 1 is 1.50 bits per heavy atom. The van der Waals surface area contributed by atoms with Gasteiger partial charge in [-0.3, -0.25) is 0 Å². The second kappa shape index (κ2) is 4.76. The van der Waals surface area contributed by atoms with Gasteiger partial charge in [-0.2, -0.15) is 11.3 Å². The Morgan fingerprint density at radius 2 is 2.29 bits per heavy atom. The second-order valence-corrected chi connectivity index (χ2v) is 4.82. The van der Waals surface area contributed by atoms with Gasteiger partial charge in [-0.25, -0.2) is 0 Å². The molecule has 0 saturated carbocycles. The highest BCUT2D eigenvalue weighted by Crippen LogP contribution is 2.13. The highest BCUT2D eigenvalue weighted by molar-refractivity contribution is 7.07. The van der Waals surface area contributed by atoms with E-state index >= 15 is 0 Å². The minimum Gasteiger partial charge on any atom is -0.311 e. The summed E-state index contributed by atoms with van der Waals surface area (Å²) in [4.78, 5) is 0. The molecule has 1 nitrogen and oxygen atoms in total. The Labute approximate surface area is 89.8 Å². The maximum Gasteiger partial charge on any atom is 0.0139 e. The van der Waals surface area contributed by atoms with E-state index in [-0.39, 0.29) is 0 Å². The van der Waals surface area contributed by atoms with Gasteiger partial charge in [0.2, 0.25) is 0 Å². The largest absolute Gasteiger partial charge is 0.311 e. The third kappa shape index (κ3) is 2.69. The van der Waals surface area contributed by atoms with E-state index in [1.165, 1.54) is 18.4 Å². The molecule has 1 aromatic rings. The standard InChI is InChI=1S/C12H17NS/c1-10(8-11-6-7-14-9-11)13-12-4-2-3-5-12/h2-3,6-7,9-10,12-13H,4-5,8H2,1H3. The molecule has 1 unspecified atom stereocenters. The maximum atomic E-state index is 3.66. The molecule has 0 saturated heterocycles. The number of hydrogen-bond donors (Lipinski definition) is 1. The van der Waals surface area contributed by atoms with Crippen LogP contribution in [0.2, 0.25) is 0 Å². The van der Waals surface area contributed by atoms with Crippen LogP contribution in [0.5, 0.6) is 0 Å². The maximum absolute atomic E-state index is 3.66. The summed E-state index contributed by atoms with van der Waals surface area (Å²) in [5.41, 5.74) is 1.46. The van der Waals surface area contributed by atoms with E-state index < -0.39 is 0 Å². The monoisotopic (exact) mass is 207 g/mol. The quantitative estimate of drug-likeness (QED) is 0.748. The Kier molecular flexibility index (Phi) is 3.38. The molecule has 1 aromatic heterocycles. The van der Waals surface area contributed by atoms with Gasteiger partial charge in [-0.1, -0.05) is 12.2 Å². The first-order valence-electron chi connectivity index (χ1n) is 5.26. The van der Waals surface area contributed by atoms with E-state index in [1.807, 2.05) is 0 Å². The fourth-order valence-electron chi connectivity index (χ4n) is 1.98. The Balaban J connectivity index is 1.76. The van der Waals surface area contributed by atoms with Crippen LogP contribution in [0.25, 0.3) is 0 Å². The summed E-state index contributed by atoms with van der Waals surface area (Å²) in [5.74, 6) is 0. The van der Waals surface area contributed by atoms with Crippen LogP contribution in [0.3, 0.4) is 0 Å². The van der Waals surface area contributed by atoms with Crippen molar-refractivity contribution in [1.82, 2.24) is 5.32 Å². The molecule has 0 spiro atoms. The zero-order chi connectivity index (χ0) is 9.80. The molecule has 0 amide bonds. The average Bonchev–Trinajstić information content (AvgIpc) is 2.76. The molecular formula is C12H17NS. The van der Waals surface area contributed by atoms with E-state index in [0.29, 0.717) is 12.1 Å². The fraction of sp³-hybridized carbons (Fsp3) is 0.500. The van der Waals surface area contributed by atoms with Crippen molar-refractivity contribution >= 4 is 11.3 Å². The fourth-order valence-corrected chi connectivity index (χ4v) is 2.66. The zero-order valence-electron chi connectivity index (χ0n) is 8.57. The van der Waals surface area contributed by atoms with Crippen LogP contribution in [0, 0.1) is 0 Å². The van der Waals surface area contributed by atoms with Crippen molar-refractivity contribution in [2.75, 3.05) is 0 Å². The normalized spacial score (nSPS) is 18.9. The molecule has 0 fully saturated rings. The van der Waals surface area contributed by atoms with E-state index in [9.17, 15) is 0 Å². The predicted molar refractivity (Wildman–Crippen MR) is 62.8 cm³/mol. The van der Waals surface area contributed by atoms with Crippen LogP contribution in [-0.2, 0) is 6.42 Å². The van der Waals surface area contributed by atoms with Gasteiger partial charge in [-0.05, 0) is 48.6 Å². The lowest BCUT2D eigenvalue weighted by Gasteiger charge is -2.18. The van der Waals surface area contributed by atoms with Crippen molar-refractivity contribution in [2.45, 2.75) is 38.3 Å². The first kappa shape index (κ1) is 9.94. The van der Waals surface area contributed by atoms with E-state index in [0.717, 1.165) is 6.42 Å². The summed E-state index contributed by atoms with van der Waals surface area (Å²) in [6.07, 6.45) is 8.10. The van der Waals surface area contributed by atoms with Crippen molar-refractivity contribution in [3.8, 4) is 0 Å². The van der Waals surface area contributed by atoms with Gasteiger partial charge >= 0.3 is 0 Å². The summed E-state index contributed by atoms with van der Waals surface area (Å²) >= 11 is 1.78. The molecule has 0 aromatic carbocycles. The smallest absolute Gasteiger partial charge is 0.0139 e. The lowest BCUT2D eigenvalue weighted by atomic mass is 10.1. The topological polar surface area (TPSA) is 12.0 Å². The second-order valence-electron chi connectivity index (χ2n) is 4.04. The molecule has 0 aliphatic heterocycles. The van der Waals surface area contributed by atoms with Crippen LogP contribution >= 0.6 is 11.3 Å². The minimum atomic E-state index is 0.592. The molecular weight excluding hydrogens is 190 g/mol. The molecule has 2 rings (SSSR count). The summed E-state index contributed by atoms with van der Waals surface area (Å²) in [5, 5.41) is 8.05. The van der Waals surface area contributed by atoms with Crippen molar-refractivity contribution < 1.29 is 0 Å². The highest BCUT2D eigenvalue weighted by atomic mass is 32.1. The van der Waals surface area contributed by atoms with Gasteiger partial charge in [0.1, 0.15) is 0 Å². The molecule has 0 bridgehead atoms. The predicted octanol–water partition coefficient (Wildman–Crippen LogP) is 2.99. The highest BCUT2D eigenvalue weighted by Gasteiger charge is 2.12. The van der Waals surface area contributed by atoms with Gasteiger partial charge in [0.05, 0.1) is 0 Å². The third-order valence-corrected chi connectivity index (χ3v) is 3.38. The van der Waals surface area contributed by atoms with Crippen molar-refractivity contribution in [3.05, 3.63) is 34.5 Å². The van der Waals surface area contributed by atoms with Crippen molar-refractivity contribution in [2.24, 2.45) is 0 Å². The lowest BCUT2D eigenvalue weighted by molar-refractivity contribution is 0.457. The van der Waals surface area contributed by atoms with Crippen LogP contribution < -0.4 is 5.32 Å². The van der Waals surface area contributed by atoms with Crippen molar-refractivity contribution in [3.63, 3.8) is 0 Å². The molecule has 1 N–H and O–H groups in total. The molecule has 76 valence electrons. The van der Waals surface area contributed by atoms with Gasteiger partial charge < -0.3 is 5.32 Å². The SMILES string of the molecule is CC(Cc1ccsc1)NC1CC=CC1. The van der Waals surface area contributed by atoms with Crippen LogP contribution in [-0.4, -0.2) is 12.1 Å². The molecule has 1 aliphatic rings. The summed E-state index contributed by atoms with van der Waals surface area (Å²) in [6.45, 7) is 2.27. The van der Waals surface area contributed by atoms with Gasteiger partial charge in [0.15, 0.2) is 0 Å². The van der Waals surface area contributed by atoms with Gasteiger partial charge in [0, 0.05) is 12.1 Å². The first-order chi connectivity index (χ1) is 6.84. The van der Waals surface area contributed by atoms with Crippen molar-refractivity contribution in [1.29, 1.82) is 0 Å². The molecule has 1 atom stereocenters. The summed E-state index contributed by atoms with van der Waals surface area (Å²) in [7, 11) is 0. The summed E-state index contributed by atoms with van der Waals surface area (Å²) < 4.78 is 0. The van der Waals surface area contributed by atoms with Gasteiger partial charge in [-0.15, -0.1) is 0 Å². The number of rotatable bonds is 4. The van der Waals surface area contributed by atoms with E-state index in [4.69, 9.17) is 0 Å².